The molecule has 0 fully saturated rings. The van der Waals surface area contributed by atoms with Crippen molar-refractivity contribution in [3.8, 4) is 0 Å². The lowest BCUT2D eigenvalue weighted by molar-refractivity contribution is -0.138. The van der Waals surface area contributed by atoms with Gasteiger partial charge in [-0.2, -0.15) is 0 Å². The van der Waals surface area contributed by atoms with Crippen LogP contribution in [0.2, 0.25) is 0 Å². The number of ether oxygens (including phenoxy) is 1. The molecule has 1 aromatic rings. The van der Waals surface area contributed by atoms with Crippen LogP contribution in [0.5, 0.6) is 0 Å². The highest BCUT2D eigenvalue weighted by Crippen LogP contribution is 2.14. The van der Waals surface area contributed by atoms with Crippen molar-refractivity contribution >= 4 is 5.97 Å². The van der Waals surface area contributed by atoms with Crippen molar-refractivity contribution in [3.05, 3.63) is 59.4 Å². The van der Waals surface area contributed by atoms with Crippen LogP contribution in [0.4, 0.5) is 0 Å². The summed E-state index contributed by atoms with van der Waals surface area (Å²) in [7, 11) is 0. The minimum absolute atomic E-state index is 0.00111. The van der Waals surface area contributed by atoms with Crippen LogP contribution in [-0.4, -0.2) is 17.7 Å². The average Bonchev–Trinajstić information content (AvgIpc) is 2.53. The van der Waals surface area contributed by atoms with Crippen molar-refractivity contribution in [2.75, 3.05) is 6.61 Å². The molecule has 0 aromatic heterocycles. The van der Waals surface area contributed by atoms with Gasteiger partial charge in [0.05, 0.1) is 12.2 Å². The summed E-state index contributed by atoms with van der Waals surface area (Å²) >= 11 is 0. The van der Waals surface area contributed by atoms with E-state index in [4.69, 9.17) is 4.74 Å². The summed E-state index contributed by atoms with van der Waals surface area (Å²) in [5, 5.41) is 10.2. The number of allylic oxidation sites excluding steroid dienone is 2. The second-order valence-electron chi connectivity index (χ2n) is 5.14. The molecule has 0 amide bonds. The lowest BCUT2D eigenvalue weighted by Gasteiger charge is -2.08. The molecule has 0 heterocycles. The number of unbranched alkanes of at least 4 members (excludes halogenated alkanes) is 3. The summed E-state index contributed by atoms with van der Waals surface area (Å²) in [5.74, 6) is -0.458. The Morgan fingerprint density at radius 1 is 1.18 bits per heavy atom. The molecular formula is C19H26O3. The predicted octanol–water partition coefficient (Wildman–Crippen LogP) is 4.74. The minimum atomic E-state index is -0.456. The summed E-state index contributed by atoms with van der Waals surface area (Å²) < 4.78 is 5.05. The van der Waals surface area contributed by atoms with Gasteiger partial charge in [0.2, 0.25) is 0 Å². The fourth-order valence-corrected chi connectivity index (χ4v) is 2.09. The van der Waals surface area contributed by atoms with Crippen molar-refractivity contribution in [2.24, 2.45) is 0 Å². The van der Waals surface area contributed by atoms with E-state index in [1.807, 2.05) is 36.4 Å². The molecule has 0 saturated carbocycles. The first-order chi connectivity index (χ1) is 10.7. The van der Waals surface area contributed by atoms with Gasteiger partial charge in [0.1, 0.15) is 5.76 Å². The molecule has 3 heteroatoms. The van der Waals surface area contributed by atoms with Crippen LogP contribution < -0.4 is 0 Å². The maximum atomic E-state index is 12.1. The number of carbonyl (C=O) groups is 1. The minimum Gasteiger partial charge on any atom is -0.507 e. The van der Waals surface area contributed by atoms with Crippen molar-refractivity contribution < 1.29 is 14.6 Å². The summed E-state index contributed by atoms with van der Waals surface area (Å²) in [6.45, 7) is 4.21. The fraction of sp³-hybridized carbons (Fsp3) is 0.421. The van der Waals surface area contributed by atoms with Gasteiger partial charge in [-0.3, -0.25) is 0 Å². The van der Waals surface area contributed by atoms with Crippen LogP contribution in [0.3, 0.4) is 0 Å². The number of aliphatic hydroxyl groups excluding tert-OH is 1. The monoisotopic (exact) mass is 302 g/mol. The average molecular weight is 302 g/mol. The van der Waals surface area contributed by atoms with Crippen molar-refractivity contribution in [1.82, 2.24) is 0 Å². The molecule has 0 unspecified atom stereocenters. The number of hydrogen-bond donors (Lipinski definition) is 1. The van der Waals surface area contributed by atoms with Gasteiger partial charge in [0.25, 0.3) is 0 Å². The third-order valence-corrected chi connectivity index (χ3v) is 3.30. The van der Waals surface area contributed by atoms with E-state index < -0.39 is 5.97 Å². The molecule has 120 valence electrons. The first-order valence-corrected chi connectivity index (χ1v) is 7.98. The molecule has 0 radical (unpaired) electrons. The van der Waals surface area contributed by atoms with E-state index in [0.717, 1.165) is 24.8 Å². The number of carbonyl (C=O) groups excluding carboxylic acids is 1. The molecule has 0 aliphatic rings. The van der Waals surface area contributed by atoms with Gasteiger partial charge in [-0.15, -0.1) is 0 Å². The number of esters is 1. The second-order valence-corrected chi connectivity index (χ2v) is 5.14. The smallest absolute Gasteiger partial charge is 0.338 e. The van der Waals surface area contributed by atoms with E-state index in [-0.39, 0.29) is 5.76 Å². The first kappa shape index (κ1) is 18.0. The predicted molar refractivity (Wildman–Crippen MR) is 89.7 cm³/mol. The Labute approximate surface area is 133 Å². The summed E-state index contributed by atoms with van der Waals surface area (Å²) in [4.78, 5) is 12.1. The Morgan fingerprint density at radius 2 is 1.91 bits per heavy atom. The zero-order valence-corrected chi connectivity index (χ0v) is 13.5. The summed E-state index contributed by atoms with van der Waals surface area (Å²) in [6, 6.07) is 9.60. The van der Waals surface area contributed by atoms with Gasteiger partial charge < -0.3 is 9.84 Å². The molecule has 0 atom stereocenters. The van der Waals surface area contributed by atoms with Crippen LogP contribution in [-0.2, 0) is 16.0 Å². The van der Waals surface area contributed by atoms with Crippen molar-refractivity contribution in [1.29, 1.82) is 0 Å². The zero-order chi connectivity index (χ0) is 16.2. The molecular weight excluding hydrogens is 276 g/mol. The van der Waals surface area contributed by atoms with Crippen LogP contribution in [0.1, 0.15) is 45.1 Å². The van der Waals surface area contributed by atoms with Gasteiger partial charge in [-0.05, 0) is 31.4 Å². The van der Waals surface area contributed by atoms with E-state index >= 15 is 0 Å². The first-order valence-electron chi connectivity index (χ1n) is 7.98. The van der Waals surface area contributed by atoms with Gasteiger partial charge in [0.15, 0.2) is 0 Å². The Hall–Kier alpha value is -2.03. The number of hydrogen-bond acceptors (Lipinski definition) is 3. The van der Waals surface area contributed by atoms with Gasteiger partial charge in [-0.1, -0.05) is 56.2 Å². The van der Waals surface area contributed by atoms with Crippen molar-refractivity contribution in [3.63, 3.8) is 0 Å². The highest BCUT2D eigenvalue weighted by Gasteiger charge is 2.15. The van der Waals surface area contributed by atoms with E-state index in [2.05, 4.69) is 6.92 Å². The van der Waals surface area contributed by atoms with Crippen molar-refractivity contribution in [2.45, 2.75) is 46.0 Å². The van der Waals surface area contributed by atoms with E-state index in [1.54, 1.807) is 13.0 Å². The lowest BCUT2D eigenvalue weighted by Crippen LogP contribution is -2.12. The number of aliphatic hydroxyl groups is 1. The second kappa shape index (κ2) is 10.7. The molecule has 1 N–H and O–H groups in total. The van der Waals surface area contributed by atoms with Crippen LogP contribution in [0.15, 0.2) is 53.8 Å². The highest BCUT2D eigenvalue weighted by atomic mass is 16.5. The lowest BCUT2D eigenvalue weighted by atomic mass is 10.0. The molecule has 0 bridgehead atoms. The maximum absolute atomic E-state index is 12.1. The molecule has 0 aliphatic heterocycles. The normalized spacial score (nSPS) is 12.3. The Kier molecular flexibility index (Phi) is 8.73. The quantitative estimate of drug-likeness (QED) is 0.235. The Morgan fingerprint density at radius 3 is 2.55 bits per heavy atom. The Balaban J connectivity index is 2.83. The van der Waals surface area contributed by atoms with Crippen LogP contribution in [0.25, 0.3) is 0 Å². The van der Waals surface area contributed by atoms with Gasteiger partial charge in [0, 0.05) is 6.42 Å². The van der Waals surface area contributed by atoms with E-state index in [1.165, 1.54) is 6.42 Å². The molecule has 3 nitrogen and oxygen atoms in total. The van der Waals surface area contributed by atoms with Crippen LogP contribution in [0, 0.1) is 0 Å². The van der Waals surface area contributed by atoms with E-state index in [9.17, 15) is 9.90 Å². The third-order valence-electron chi connectivity index (χ3n) is 3.30. The zero-order valence-electron chi connectivity index (χ0n) is 13.5. The summed E-state index contributed by atoms with van der Waals surface area (Å²) in [6.07, 6.45) is 8.22. The molecule has 22 heavy (non-hydrogen) atoms. The van der Waals surface area contributed by atoms with Gasteiger partial charge >= 0.3 is 5.97 Å². The molecule has 1 aromatic carbocycles. The summed E-state index contributed by atoms with van der Waals surface area (Å²) in [5.41, 5.74) is 1.27. The Bertz CT molecular complexity index is 501. The maximum Gasteiger partial charge on any atom is 0.338 e. The number of rotatable bonds is 9. The molecule has 0 aliphatic carbocycles. The SMILES string of the molecule is CCCCC/C=C/C(O)=C(\Cc1ccccc1)C(=O)OCC. The third kappa shape index (κ3) is 6.61. The molecule has 0 spiro atoms. The number of benzene rings is 1. The topological polar surface area (TPSA) is 46.5 Å². The van der Waals surface area contributed by atoms with Gasteiger partial charge in [-0.25, -0.2) is 4.79 Å². The van der Waals surface area contributed by atoms with Crippen LogP contribution >= 0.6 is 0 Å². The largest absolute Gasteiger partial charge is 0.507 e. The standard InChI is InChI=1S/C19H26O3/c1-3-5-6-7-11-14-18(20)17(19(21)22-4-2)15-16-12-9-8-10-13-16/h8-14,20H,3-7,15H2,1-2H3/b14-11+,18-17-. The highest BCUT2D eigenvalue weighted by molar-refractivity contribution is 5.90. The molecule has 1 rings (SSSR count). The van der Waals surface area contributed by atoms with E-state index in [0.29, 0.717) is 18.6 Å². The fourth-order valence-electron chi connectivity index (χ4n) is 2.09. The molecule has 0 saturated heterocycles.